The lowest BCUT2D eigenvalue weighted by molar-refractivity contribution is -0.131. The van der Waals surface area contributed by atoms with Gasteiger partial charge in [0.1, 0.15) is 22.6 Å². The molecule has 2 aromatic carbocycles. The Kier molecular flexibility index (Phi) is 5.12. The summed E-state index contributed by atoms with van der Waals surface area (Å²) in [6.07, 6.45) is 5.45. The number of carbonyl (C=O) groups excluding carboxylic acids is 1. The molecule has 0 amide bonds. The first-order valence-electron chi connectivity index (χ1n) is 8.94. The van der Waals surface area contributed by atoms with E-state index in [4.69, 9.17) is 14.3 Å². The van der Waals surface area contributed by atoms with Crippen molar-refractivity contribution in [1.82, 2.24) is 0 Å². The number of fused-ring (bicyclic) bond motifs is 1. The van der Waals surface area contributed by atoms with Gasteiger partial charge < -0.3 is 19.4 Å². The highest BCUT2D eigenvalue weighted by atomic mass is 32.1. The molecule has 4 rings (SSSR count). The van der Waals surface area contributed by atoms with E-state index in [1.165, 1.54) is 29.9 Å². The number of furan rings is 1. The second-order valence-electron chi connectivity index (χ2n) is 6.58. The first kappa shape index (κ1) is 19.5. The van der Waals surface area contributed by atoms with Gasteiger partial charge in [0.15, 0.2) is 5.75 Å². The topological polar surface area (TPSA) is 97.0 Å². The predicted octanol–water partition coefficient (Wildman–Crippen LogP) is 5.63. The molecule has 2 N–H and O–H groups in total. The van der Waals surface area contributed by atoms with Crippen LogP contribution in [0.25, 0.3) is 16.2 Å². The molecule has 0 spiro atoms. The Morgan fingerprint density at radius 3 is 2.53 bits per heavy atom. The fourth-order valence-corrected chi connectivity index (χ4v) is 4.08. The standard InChI is InChI=1S/C23H16O6S/c1-13-11-28-12-18(13)21(27)23-22(17-8-5-15(24)10-19(17)30-23)29-16-6-2-14(3-7-16)4-9-20(25)26/h2-12,24H,1H3,(H,25,26)/b9-4+. The molecule has 4 aromatic rings. The van der Waals surface area contributed by atoms with Gasteiger partial charge in [0.2, 0.25) is 5.78 Å². The number of hydrogen-bond acceptors (Lipinski definition) is 6. The summed E-state index contributed by atoms with van der Waals surface area (Å²) in [7, 11) is 0. The molecule has 0 fully saturated rings. The van der Waals surface area contributed by atoms with Gasteiger partial charge in [-0.3, -0.25) is 4.79 Å². The number of phenolic OH excluding ortho intramolecular Hbond substituents is 1. The minimum absolute atomic E-state index is 0.100. The molecule has 0 atom stereocenters. The molecule has 0 aliphatic heterocycles. The molecule has 0 saturated heterocycles. The van der Waals surface area contributed by atoms with E-state index in [-0.39, 0.29) is 11.5 Å². The van der Waals surface area contributed by atoms with Crippen LogP contribution in [0.1, 0.15) is 26.4 Å². The number of carboxylic acids is 1. The summed E-state index contributed by atoms with van der Waals surface area (Å²) in [5.74, 6) is -0.259. The summed E-state index contributed by atoms with van der Waals surface area (Å²) < 4.78 is 11.9. The van der Waals surface area contributed by atoms with Gasteiger partial charge in [-0.1, -0.05) is 12.1 Å². The molecular weight excluding hydrogens is 404 g/mol. The number of ketones is 1. The van der Waals surface area contributed by atoms with Gasteiger partial charge >= 0.3 is 5.97 Å². The van der Waals surface area contributed by atoms with Crippen LogP contribution in [0.15, 0.2) is 65.5 Å². The maximum Gasteiger partial charge on any atom is 0.328 e. The van der Waals surface area contributed by atoms with Crippen molar-refractivity contribution >= 4 is 39.3 Å². The van der Waals surface area contributed by atoms with Crippen LogP contribution >= 0.6 is 11.3 Å². The molecule has 150 valence electrons. The molecule has 7 heteroatoms. The normalized spacial score (nSPS) is 11.2. The van der Waals surface area contributed by atoms with Crippen LogP contribution in [-0.4, -0.2) is 22.0 Å². The number of benzene rings is 2. The molecule has 2 heterocycles. The highest BCUT2D eigenvalue weighted by Crippen LogP contribution is 2.43. The zero-order valence-electron chi connectivity index (χ0n) is 15.8. The smallest absolute Gasteiger partial charge is 0.328 e. The average molecular weight is 420 g/mol. The van der Waals surface area contributed by atoms with E-state index in [2.05, 4.69) is 0 Å². The molecular formula is C23H16O6S. The van der Waals surface area contributed by atoms with Crippen molar-refractivity contribution in [2.24, 2.45) is 0 Å². The van der Waals surface area contributed by atoms with Crippen molar-refractivity contribution in [1.29, 1.82) is 0 Å². The van der Waals surface area contributed by atoms with E-state index in [9.17, 15) is 14.7 Å². The zero-order valence-corrected chi connectivity index (χ0v) is 16.6. The second-order valence-corrected chi connectivity index (χ2v) is 7.63. The van der Waals surface area contributed by atoms with Gasteiger partial charge in [0, 0.05) is 16.2 Å². The number of rotatable bonds is 6. The van der Waals surface area contributed by atoms with Crippen LogP contribution in [0.5, 0.6) is 17.2 Å². The van der Waals surface area contributed by atoms with E-state index in [0.717, 1.165) is 16.3 Å². The van der Waals surface area contributed by atoms with Gasteiger partial charge in [-0.2, -0.15) is 0 Å². The summed E-state index contributed by atoms with van der Waals surface area (Å²) >= 11 is 1.23. The monoisotopic (exact) mass is 420 g/mol. The van der Waals surface area contributed by atoms with Crippen molar-refractivity contribution in [2.45, 2.75) is 6.92 Å². The zero-order chi connectivity index (χ0) is 21.3. The Bertz CT molecular complexity index is 1280. The summed E-state index contributed by atoms with van der Waals surface area (Å²) in [5, 5.41) is 19.3. The second kappa shape index (κ2) is 7.88. The summed E-state index contributed by atoms with van der Waals surface area (Å²) in [4.78, 5) is 24.2. The third kappa shape index (κ3) is 3.83. The van der Waals surface area contributed by atoms with Crippen molar-refractivity contribution in [3.63, 3.8) is 0 Å². The summed E-state index contributed by atoms with van der Waals surface area (Å²) in [5.41, 5.74) is 1.88. The maximum absolute atomic E-state index is 13.1. The van der Waals surface area contributed by atoms with Crippen molar-refractivity contribution in [3.05, 3.63) is 82.6 Å². The minimum atomic E-state index is -1.03. The summed E-state index contributed by atoms with van der Waals surface area (Å²) in [6, 6.07) is 11.7. The van der Waals surface area contributed by atoms with Crippen LogP contribution in [0.2, 0.25) is 0 Å². The Morgan fingerprint density at radius 2 is 1.87 bits per heavy atom. The lowest BCUT2D eigenvalue weighted by Gasteiger charge is -2.08. The Hall–Kier alpha value is -3.84. The van der Waals surface area contributed by atoms with E-state index < -0.39 is 5.97 Å². The fraction of sp³-hybridized carbons (Fsp3) is 0.0435. The van der Waals surface area contributed by atoms with E-state index in [1.54, 1.807) is 49.4 Å². The van der Waals surface area contributed by atoms with Gasteiger partial charge in [0.25, 0.3) is 0 Å². The lowest BCUT2D eigenvalue weighted by atomic mass is 10.1. The number of aliphatic carboxylic acids is 1. The van der Waals surface area contributed by atoms with Crippen LogP contribution in [0.4, 0.5) is 0 Å². The molecule has 0 unspecified atom stereocenters. The van der Waals surface area contributed by atoms with Crippen molar-refractivity contribution < 1.29 is 29.0 Å². The highest BCUT2D eigenvalue weighted by molar-refractivity contribution is 7.21. The number of aromatic hydroxyl groups is 1. The van der Waals surface area contributed by atoms with Gasteiger partial charge in [-0.05, 0) is 54.5 Å². The molecule has 2 aromatic heterocycles. The molecule has 0 aliphatic rings. The third-order valence-corrected chi connectivity index (χ3v) is 5.59. The van der Waals surface area contributed by atoms with Crippen molar-refractivity contribution in [3.8, 4) is 17.2 Å². The molecule has 0 saturated carbocycles. The SMILES string of the molecule is Cc1cocc1C(=O)c1sc2cc(O)ccc2c1Oc1ccc(/C=C/C(=O)O)cc1. The van der Waals surface area contributed by atoms with Crippen LogP contribution in [0.3, 0.4) is 0 Å². The largest absolute Gasteiger partial charge is 0.508 e. The number of carbonyl (C=O) groups is 2. The maximum atomic E-state index is 13.1. The Balaban J connectivity index is 1.75. The minimum Gasteiger partial charge on any atom is -0.508 e. The summed E-state index contributed by atoms with van der Waals surface area (Å²) in [6.45, 7) is 1.79. The highest BCUT2D eigenvalue weighted by Gasteiger charge is 2.24. The van der Waals surface area contributed by atoms with E-state index >= 15 is 0 Å². The lowest BCUT2D eigenvalue weighted by Crippen LogP contribution is -2.01. The average Bonchev–Trinajstić information content (AvgIpc) is 3.30. The van der Waals surface area contributed by atoms with Crippen LogP contribution in [0, 0.1) is 6.92 Å². The van der Waals surface area contributed by atoms with E-state index in [1.807, 2.05) is 0 Å². The number of ether oxygens (including phenoxy) is 1. The fourth-order valence-electron chi connectivity index (χ4n) is 2.96. The van der Waals surface area contributed by atoms with Crippen LogP contribution < -0.4 is 4.74 Å². The van der Waals surface area contributed by atoms with Gasteiger partial charge in [-0.25, -0.2) is 4.79 Å². The van der Waals surface area contributed by atoms with Crippen molar-refractivity contribution in [2.75, 3.05) is 0 Å². The number of thiophene rings is 1. The van der Waals surface area contributed by atoms with Gasteiger partial charge in [0.05, 0.1) is 11.8 Å². The number of carboxylic acid groups (broad SMARTS) is 1. The third-order valence-electron chi connectivity index (χ3n) is 4.45. The molecule has 30 heavy (non-hydrogen) atoms. The molecule has 0 radical (unpaired) electrons. The first-order chi connectivity index (χ1) is 14.4. The van der Waals surface area contributed by atoms with E-state index in [0.29, 0.717) is 32.9 Å². The predicted molar refractivity (Wildman–Crippen MR) is 114 cm³/mol. The molecule has 0 aliphatic carbocycles. The number of phenols is 1. The van der Waals surface area contributed by atoms with Crippen LogP contribution in [-0.2, 0) is 4.79 Å². The van der Waals surface area contributed by atoms with Gasteiger partial charge in [-0.15, -0.1) is 11.3 Å². The molecule has 6 nitrogen and oxygen atoms in total. The molecule has 0 bridgehead atoms. The Labute approximate surface area is 175 Å². The number of hydrogen-bond donors (Lipinski definition) is 2. The quantitative estimate of drug-likeness (QED) is 0.310. The Morgan fingerprint density at radius 1 is 1.10 bits per heavy atom. The first-order valence-corrected chi connectivity index (χ1v) is 9.76. The number of aryl methyl sites for hydroxylation is 1.